The molecule has 0 aromatic heterocycles. The largest absolute Gasteiger partial charge is 0.396 e. The Morgan fingerprint density at radius 3 is 2.76 bits per heavy atom. The van der Waals surface area contributed by atoms with Gasteiger partial charge in [-0.15, -0.1) is 0 Å². The SMILES string of the molecule is N[C@@H](C(=O)N1CCC(CO)C1)c1ccccc1. The highest BCUT2D eigenvalue weighted by molar-refractivity contribution is 5.83. The Bertz CT molecular complexity index is 380. The van der Waals surface area contributed by atoms with Crippen LogP contribution in [-0.4, -0.2) is 35.6 Å². The number of benzene rings is 1. The van der Waals surface area contributed by atoms with Crippen molar-refractivity contribution < 1.29 is 9.90 Å². The summed E-state index contributed by atoms with van der Waals surface area (Å²) >= 11 is 0. The van der Waals surface area contributed by atoms with E-state index in [2.05, 4.69) is 0 Å². The van der Waals surface area contributed by atoms with E-state index in [9.17, 15) is 4.79 Å². The van der Waals surface area contributed by atoms with Gasteiger partial charge in [-0.25, -0.2) is 0 Å². The zero-order chi connectivity index (χ0) is 12.3. The number of likely N-dealkylation sites (tertiary alicyclic amines) is 1. The van der Waals surface area contributed by atoms with Crippen molar-refractivity contribution >= 4 is 5.91 Å². The Balaban J connectivity index is 2.01. The molecule has 1 aliphatic rings. The zero-order valence-electron chi connectivity index (χ0n) is 9.75. The molecular formula is C13H18N2O2. The lowest BCUT2D eigenvalue weighted by molar-refractivity contribution is -0.131. The predicted octanol–water partition coefficient (Wildman–Crippen LogP) is 0.527. The number of hydrogen-bond acceptors (Lipinski definition) is 3. The van der Waals surface area contributed by atoms with Gasteiger partial charge in [0.1, 0.15) is 6.04 Å². The van der Waals surface area contributed by atoms with Gasteiger partial charge in [-0.1, -0.05) is 30.3 Å². The highest BCUT2D eigenvalue weighted by Crippen LogP contribution is 2.20. The Morgan fingerprint density at radius 2 is 2.18 bits per heavy atom. The molecule has 1 amide bonds. The Morgan fingerprint density at radius 1 is 1.47 bits per heavy atom. The normalized spacial score (nSPS) is 21.5. The van der Waals surface area contributed by atoms with Gasteiger partial charge >= 0.3 is 0 Å². The molecule has 1 unspecified atom stereocenters. The molecule has 1 saturated heterocycles. The van der Waals surface area contributed by atoms with Crippen molar-refractivity contribution in [3.8, 4) is 0 Å². The summed E-state index contributed by atoms with van der Waals surface area (Å²) in [4.78, 5) is 13.9. The molecule has 1 heterocycles. The predicted molar refractivity (Wildman–Crippen MR) is 65.1 cm³/mol. The molecule has 1 aliphatic heterocycles. The summed E-state index contributed by atoms with van der Waals surface area (Å²) in [6, 6.07) is 8.79. The minimum absolute atomic E-state index is 0.0489. The lowest BCUT2D eigenvalue weighted by Crippen LogP contribution is -2.37. The number of nitrogens with two attached hydrogens (primary N) is 1. The fourth-order valence-electron chi connectivity index (χ4n) is 2.18. The van der Waals surface area contributed by atoms with Gasteiger partial charge in [0, 0.05) is 25.6 Å². The second-order valence-corrected chi connectivity index (χ2v) is 4.51. The molecule has 0 saturated carbocycles. The molecule has 0 radical (unpaired) electrons. The Hall–Kier alpha value is -1.39. The first kappa shape index (κ1) is 12.1. The molecular weight excluding hydrogens is 216 g/mol. The molecule has 92 valence electrons. The van der Waals surface area contributed by atoms with Crippen LogP contribution in [0.1, 0.15) is 18.0 Å². The van der Waals surface area contributed by atoms with Crippen LogP contribution in [0.2, 0.25) is 0 Å². The molecule has 4 heteroatoms. The van der Waals surface area contributed by atoms with Gasteiger partial charge in [-0.2, -0.15) is 0 Å². The molecule has 17 heavy (non-hydrogen) atoms. The number of rotatable bonds is 3. The van der Waals surface area contributed by atoms with E-state index in [0.717, 1.165) is 12.0 Å². The van der Waals surface area contributed by atoms with Crippen molar-refractivity contribution in [1.82, 2.24) is 4.90 Å². The van der Waals surface area contributed by atoms with Crippen LogP contribution in [0.5, 0.6) is 0 Å². The molecule has 2 rings (SSSR count). The summed E-state index contributed by atoms with van der Waals surface area (Å²) in [6.07, 6.45) is 0.865. The van der Waals surface area contributed by atoms with Crippen LogP contribution in [0, 0.1) is 5.92 Å². The van der Waals surface area contributed by atoms with Crippen molar-refractivity contribution in [2.45, 2.75) is 12.5 Å². The average Bonchev–Trinajstić information content (AvgIpc) is 2.87. The molecule has 4 nitrogen and oxygen atoms in total. The quantitative estimate of drug-likeness (QED) is 0.801. The number of aliphatic hydroxyl groups is 1. The van der Waals surface area contributed by atoms with E-state index in [-0.39, 0.29) is 18.4 Å². The molecule has 1 fully saturated rings. The van der Waals surface area contributed by atoms with Gasteiger partial charge in [-0.05, 0) is 12.0 Å². The Kier molecular flexibility index (Phi) is 3.76. The molecule has 0 aliphatic carbocycles. The molecule has 3 N–H and O–H groups in total. The van der Waals surface area contributed by atoms with Crippen LogP contribution in [0.25, 0.3) is 0 Å². The molecule has 0 spiro atoms. The standard InChI is InChI=1S/C13H18N2O2/c14-12(11-4-2-1-3-5-11)13(17)15-7-6-10(8-15)9-16/h1-5,10,12,16H,6-9,14H2/t10?,12-/m1/s1. The second kappa shape index (κ2) is 5.29. The molecule has 1 aromatic rings. The molecule has 1 aromatic carbocycles. The monoisotopic (exact) mass is 234 g/mol. The van der Waals surface area contributed by atoms with Crippen LogP contribution in [0.3, 0.4) is 0 Å². The van der Waals surface area contributed by atoms with Gasteiger partial charge in [0.2, 0.25) is 5.91 Å². The molecule has 2 atom stereocenters. The maximum Gasteiger partial charge on any atom is 0.244 e. The third-order valence-corrected chi connectivity index (χ3v) is 3.28. The lowest BCUT2D eigenvalue weighted by atomic mass is 10.1. The van der Waals surface area contributed by atoms with Gasteiger partial charge in [-0.3, -0.25) is 4.79 Å². The van der Waals surface area contributed by atoms with Crippen molar-refractivity contribution in [3.63, 3.8) is 0 Å². The summed E-state index contributed by atoms with van der Waals surface area (Å²) in [5.41, 5.74) is 6.79. The number of hydrogen-bond donors (Lipinski definition) is 2. The van der Waals surface area contributed by atoms with Gasteiger partial charge < -0.3 is 15.7 Å². The first-order valence-electron chi connectivity index (χ1n) is 5.92. The number of nitrogens with zero attached hydrogens (tertiary/aromatic N) is 1. The van der Waals surface area contributed by atoms with E-state index in [4.69, 9.17) is 10.8 Å². The summed E-state index contributed by atoms with van der Waals surface area (Å²) < 4.78 is 0. The molecule has 0 bridgehead atoms. The Labute approximate surface area is 101 Å². The first-order valence-corrected chi connectivity index (χ1v) is 5.92. The minimum atomic E-state index is -0.589. The van der Waals surface area contributed by atoms with E-state index >= 15 is 0 Å². The smallest absolute Gasteiger partial charge is 0.244 e. The summed E-state index contributed by atoms with van der Waals surface area (Å²) in [7, 11) is 0. The van der Waals surface area contributed by atoms with Crippen LogP contribution in [-0.2, 0) is 4.79 Å². The van der Waals surface area contributed by atoms with Gasteiger partial charge in [0.25, 0.3) is 0 Å². The van der Waals surface area contributed by atoms with E-state index in [1.165, 1.54) is 0 Å². The number of aliphatic hydroxyl groups excluding tert-OH is 1. The van der Waals surface area contributed by atoms with Crippen LogP contribution < -0.4 is 5.73 Å². The maximum atomic E-state index is 12.1. The van der Waals surface area contributed by atoms with Crippen molar-refractivity contribution in [3.05, 3.63) is 35.9 Å². The van der Waals surface area contributed by atoms with E-state index in [0.29, 0.717) is 13.1 Å². The zero-order valence-corrected chi connectivity index (χ0v) is 9.75. The summed E-state index contributed by atoms with van der Waals surface area (Å²) in [5, 5.41) is 9.05. The van der Waals surface area contributed by atoms with Crippen LogP contribution >= 0.6 is 0 Å². The van der Waals surface area contributed by atoms with Crippen molar-refractivity contribution in [1.29, 1.82) is 0 Å². The topological polar surface area (TPSA) is 66.6 Å². The highest BCUT2D eigenvalue weighted by Gasteiger charge is 2.29. The van der Waals surface area contributed by atoms with Crippen LogP contribution in [0.4, 0.5) is 0 Å². The third-order valence-electron chi connectivity index (χ3n) is 3.28. The third kappa shape index (κ3) is 2.65. The summed E-state index contributed by atoms with van der Waals surface area (Å²) in [6.45, 7) is 1.46. The maximum absolute atomic E-state index is 12.1. The average molecular weight is 234 g/mol. The van der Waals surface area contributed by atoms with Crippen molar-refractivity contribution in [2.24, 2.45) is 11.7 Å². The number of carbonyl (C=O) groups excluding carboxylic acids is 1. The van der Waals surface area contributed by atoms with E-state index in [1.807, 2.05) is 30.3 Å². The fourth-order valence-corrected chi connectivity index (χ4v) is 2.18. The van der Waals surface area contributed by atoms with E-state index in [1.54, 1.807) is 4.90 Å². The van der Waals surface area contributed by atoms with Crippen molar-refractivity contribution in [2.75, 3.05) is 19.7 Å². The van der Waals surface area contributed by atoms with Gasteiger partial charge in [0.15, 0.2) is 0 Å². The lowest BCUT2D eigenvalue weighted by Gasteiger charge is -2.21. The first-order chi connectivity index (χ1) is 8.22. The fraction of sp³-hybridized carbons (Fsp3) is 0.462. The van der Waals surface area contributed by atoms with E-state index < -0.39 is 6.04 Å². The second-order valence-electron chi connectivity index (χ2n) is 4.51. The minimum Gasteiger partial charge on any atom is -0.396 e. The summed E-state index contributed by atoms with van der Waals surface area (Å²) in [5.74, 6) is 0.161. The number of carbonyl (C=O) groups is 1. The van der Waals surface area contributed by atoms with Crippen LogP contribution in [0.15, 0.2) is 30.3 Å². The highest BCUT2D eigenvalue weighted by atomic mass is 16.3. The number of amides is 1. The van der Waals surface area contributed by atoms with Gasteiger partial charge in [0.05, 0.1) is 0 Å².